The number of rotatable bonds is 3. The first-order valence-corrected chi connectivity index (χ1v) is 5.85. The van der Waals surface area contributed by atoms with Crippen LogP contribution in [0.15, 0.2) is 17.6 Å². The zero-order valence-corrected chi connectivity index (χ0v) is 9.01. The summed E-state index contributed by atoms with van der Waals surface area (Å²) in [5, 5.41) is -0.532. The van der Waals surface area contributed by atoms with Crippen molar-refractivity contribution in [1.82, 2.24) is 9.55 Å². The van der Waals surface area contributed by atoms with Gasteiger partial charge in [0, 0.05) is 25.3 Å². The fraction of sp³-hybridized carbons (Fsp3) is 0.571. The van der Waals surface area contributed by atoms with Crippen LogP contribution in [0.1, 0.15) is 6.92 Å². The van der Waals surface area contributed by atoms with E-state index in [1.54, 1.807) is 20.2 Å². The Morgan fingerprint density at radius 3 is 2.69 bits per heavy atom. The number of aryl methyl sites for hydroxylation is 1. The molecule has 1 aromatic heterocycles. The van der Waals surface area contributed by atoms with E-state index in [1.165, 1.54) is 10.8 Å². The molecule has 1 rings (SSSR count). The molecular weight excluding hydrogens is 212 g/mol. The van der Waals surface area contributed by atoms with Crippen LogP contribution < -0.4 is 0 Å². The number of halogens is 1. The standard InChI is InChI=1S/C7H11ClN2O2S/c1-6(5-8)13(11,12)7-9-3-4-10(7)2/h3-4,6H,5H2,1-2H3. The highest BCUT2D eigenvalue weighted by Gasteiger charge is 2.26. The van der Waals surface area contributed by atoms with E-state index in [2.05, 4.69) is 4.98 Å². The van der Waals surface area contributed by atoms with Gasteiger partial charge in [-0.3, -0.25) is 0 Å². The third-order valence-electron chi connectivity index (χ3n) is 1.78. The summed E-state index contributed by atoms with van der Waals surface area (Å²) in [7, 11) is -1.72. The average Bonchev–Trinajstić information content (AvgIpc) is 2.50. The second-order valence-electron chi connectivity index (χ2n) is 2.83. The number of alkyl halides is 1. The van der Waals surface area contributed by atoms with Crippen molar-refractivity contribution in [1.29, 1.82) is 0 Å². The maximum Gasteiger partial charge on any atom is 0.227 e. The van der Waals surface area contributed by atoms with Gasteiger partial charge in [-0.2, -0.15) is 0 Å². The van der Waals surface area contributed by atoms with Gasteiger partial charge in [0.1, 0.15) is 0 Å². The Morgan fingerprint density at radius 2 is 2.31 bits per heavy atom. The molecule has 0 aliphatic rings. The van der Waals surface area contributed by atoms with Gasteiger partial charge in [-0.25, -0.2) is 13.4 Å². The SMILES string of the molecule is CC(CCl)S(=O)(=O)c1nccn1C. The number of nitrogens with zero attached hydrogens (tertiary/aromatic N) is 2. The predicted molar refractivity (Wildman–Crippen MR) is 50.6 cm³/mol. The topological polar surface area (TPSA) is 52.0 Å². The van der Waals surface area contributed by atoms with E-state index >= 15 is 0 Å². The van der Waals surface area contributed by atoms with Crippen molar-refractivity contribution in [2.75, 3.05) is 5.88 Å². The quantitative estimate of drug-likeness (QED) is 0.712. The molecular formula is C7H11ClN2O2S. The van der Waals surface area contributed by atoms with Gasteiger partial charge in [-0.15, -0.1) is 11.6 Å². The van der Waals surface area contributed by atoms with Gasteiger partial charge in [-0.1, -0.05) is 0 Å². The lowest BCUT2D eigenvalue weighted by Crippen LogP contribution is -2.22. The zero-order chi connectivity index (χ0) is 10.1. The van der Waals surface area contributed by atoms with Crippen molar-refractivity contribution < 1.29 is 8.42 Å². The molecule has 0 aliphatic heterocycles. The lowest BCUT2D eigenvalue weighted by atomic mass is 10.6. The lowest BCUT2D eigenvalue weighted by molar-refractivity contribution is 0.571. The molecule has 0 bridgehead atoms. The minimum absolute atomic E-state index is 0.0700. The maximum absolute atomic E-state index is 11.7. The Morgan fingerprint density at radius 1 is 1.69 bits per heavy atom. The summed E-state index contributed by atoms with van der Waals surface area (Å²) in [5.74, 6) is 0.0786. The smallest absolute Gasteiger partial charge is 0.227 e. The monoisotopic (exact) mass is 222 g/mol. The van der Waals surface area contributed by atoms with Crippen LogP contribution in [0.25, 0.3) is 0 Å². The Kier molecular flexibility index (Phi) is 2.98. The summed E-state index contributed by atoms with van der Waals surface area (Å²) < 4.78 is 24.8. The second-order valence-corrected chi connectivity index (χ2v) is 5.40. The fourth-order valence-corrected chi connectivity index (χ4v) is 2.58. The molecule has 1 aromatic rings. The van der Waals surface area contributed by atoms with Crippen LogP contribution in [-0.2, 0) is 16.9 Å². The summed E-state index contributed by atoms with van der Waals surface area (Å²) in [6.07, 6.45) is 3.04. The minimum atomic E-state index is -3.36. The molecule has 0 saturated carbocycles. The number of hydrogen-bond acceptors (Lipinski definition) is 3. The predicted octanol–water partition coefficient (Wildman–Crippen LogP) is 0.821. The Balaban J connectivity index is 3.16. The number of sulfone groups is 1. The van der Waals surface area contributed by atoms with Crippen LogP contribution in [0.5, 0.6) is 0 Å². The Labute approximate surface area is 82.5 Å². The largest absolute Gasteiger partial charge is 0.325 e. The lowest BCUT2D eigenvalue weighted by Gasteiger charge is -2.08. The molecule has 0 spiro atoms. The van der Waals surface area contributed by atoms with E-state index in [0.717, 1.165) is 0 Å². The molecule has 1 unspecified atom stereocenters. The van der Waals surface area contributed by atoms with Crippen LogP contribution >= 0.6 is 11.6 Å². The number of imidazole rings is 1. The summed E-state index contributed by atoms with van der Waals surface area (Å²) >= 11 is 5.49. The van der Waals surface area contributed by atoms with Crippen LogP contribution in [-0.4, -0.2) is 29.1 Å². The molecule has 1 heterocycles. The van der Waals surface area contributed by atoms with Crippen molar-refractivity contribution in [3.8, 4) is 0 Å². The Hall–Kier alpha value is -0.550. The van der Waals surface area contributed by atoms with Gasteiger partial charge < -0.3 is 4.57 Å². The van der Waals surface area contributed by atoms with E-state index in [9.17, 15) is 8.42 Å². The highest BCUT2D eigenvalue weighted by Crippen LogP contribution is 2.13. The molecule has 0 aromatic carbocycles. The molecule has 0 amide bonds. The minimum Gasteiger partial charge on any atom is -0.325 e. The van der Waals surface area contributed by atoms with Crippen molar-refractivity contribution in [2.24, 2.45) is 7.05 Å². The highest BCUT2D eigenvalue weighted by atomic mass is 35.5. The number of hydrogen-bond donors (Lipinski definition) is 0. The third kappa shape index (κ3) is 1.86. The molecule has 1 atom stereocenters. The highest BCUT2D eigenvalue weighted by molar-refractivity contribution is 7.92. The van der Waals surface area contributed by atoms with Crippen LogP contribution in [0.3, 0.4) is 0 Å². The molecule has 0 saturated heterocycles. The van der Waals surface area contributed by atoms with Gasteiger partial charge in [0.25, 0.3) is 0 Å². The fourth-order valence-electron chi connectivity index (χ4n) is 0.889. The van der Waals surface area contributed by atoms with E-state index in [-0.39, 0.29) is 11.0 Å². The van der Waals surface area contributed by atoms with E-state index in [4.69, 9.17) is 11.6 Å². The molecule has 74 valence electrons. The van der Waals surface area contributed by atoms with Gasteiger partial charge in [0.2, 0.25) is 15.0 Å². The summed E-state index contributed by atoms with van der Waals surface area (Å²) in [5.41, 5.74) is 0. The maximum atomic E-state index is 11.7. The van der Waals surface area contributed by atoms with Crippen molar-refractivity contribution in [3.05, 3.63) is 12.4 Å². The van der Waals surface area contributed by atoms with Crippen molar-refractivity contribution in [3.63, 3.8) is 0 Å². The summed E-state index contributed by atoms with van der Waals surface area (Å²) in [6, 6.07) is 0. The molecule has 13 heavy (non-hydrogen) atoms. The summed E-state index contributed by atoms with van der Waals surface area (Å²) in [4.78, 5) is 3.77. The molecule has 6 heteroatoms. The van der Waals surface area contributed by atoms with Gasteiger partial charge in [-0.05, 0) is 6.92 Å². The van der Waals surface area contributed by atoms with Crippen molar-refractivity contribution in [2.45, 2.75) is 17.3 Å². The molecule has 0 N–H and O–H groups in total. The van der Waals surface area contributed by atoms with E-state index in [0.29, 0.717) is 0 Å². The summed E-state index contributed by atoms with van der Waals surface area (Å²) in [6.45, 7) is 1.57. The first kappa shape index (κ1) is 10.5. The molecule has 0 radical (unpaired) electrons. The molecule has 0 aliphatic carbocycles. The van der Waals surface area contributed by atoms with Gasteiger partial charge in [0.05, 0.1) is 5.25 Å². The van der Waals surface area contributed by atoms with E-state index < -0.39 is 15.1 Å². The second kappa shape index (κ2) is 3.67. The van der Waals surface area contributed by atoms with Gasteiger partial charge >= 0.3 is 0 Å². The van der Waals surface area contributed by atoms with Crippen LogP contribution in [0.4, 0.5) is 0 Å². The van der Waals surface area contributed by atoms with Crippen LogP contribution in [0.2, 0.25) is 0 Å². The molecule has 4 nitrogen and oxygen atoms in total. The normalized spacial score (nSPS) is 14.4. The zero-order valence-electron chi connectivity index (χ0n) is 7.44. The van der Waals surface area contributed by atoms with Crippen molar-refractivity contribution >= 4 is 21.4 Å². The van der Waals surface area contributed by atoms with E-state index in [1.807, 2.05) is 0 Å². The third-order valence-corrected chi connectivity index (χ3v) is 4.55. The number of aromatic nitrogens is 2. The average molecular weight is 223 g/mol. The first-order chi connectivity index (χ1) is 6.00. The first-order valence-electron chi connectivity index (χ1n) is 3.77. The molecule has 0 fully saturated rings. The Bertz CT molecular complexity index is 385. The van der Waals surface area contributed by atoms with Crippen LogP contribution in [0, 0.1) is 0 Å². The van der Waals surface area contributed by atoms with Gasteiger partial charge in [0.15, 0.2) is 0 Å².